The molecule has 0 radical (unpaired) electrons. The monoisotopic (exact) mass is 516 g/mol. The van der Waals surface area contributed by atoms with Gasteiger partial charge in [0.05, 0.1) is 19.8 Å². The van der Waals surface area contributed by atoms with Gasteiger partial charge in [0.1, 0.15) is 10.6 Å². The van der Waals surface area contributed by atoms with Crippen LogP contribution in [0.1, 0.15) is 42.9 Å². The van der Waals surface area contributed by atoms with Gasteiger partial charge in [-0.2, -0.15) is 13.2 Å². The van der Waals surface area contributed by atoms with Gasteiger partial charge in [0.25, 0.3) is 0 Å². The van der Waals surface area contributed by atoms with Crippen LogP contribution in [-0.4, -0.2) is 49.7 Å². The van der Waals surface area contributed by atoms with Crippen LogP contribution in [0.4, 0.5) is 23.0 Å². The van der Waals surface area contributed by atoms with Crippen LogP contribution in [-0.2, 0) is 25.4 Å². The topological polar surface area (TPSA) is 103 Å². The van der Waals surface area contributed by atoms with Crippen LogP contribution in [0.5, 0.6) is 0 Å². The fraction of sp³-hybridized carbons (Fsp3) is 0.435. The Labute approximate surface area is 204 Å². The molecule has 0 fully saturated rings. The van der Waals surface area contributed by atoms with Crippen molar-refractivity contribution in [2.75, 3.05) is 25.1 Å². The molecule has 0 spiro atoms. The average molecular weight is 517 g/mol. The van der Waals surface area contributed by atoms with Crippen LogP contribution >= 0.6 is 11.3 Å². The number of aryl methyl sites for hydroxylation is 1. The Morgan fingerprint density at radius 1 is 0.914 bits per heavy atom. The minimum atomic E-state index is -5.39. The minimum absolute atomic E-state index is 0.0345. The molecule has 2 N–H and O–H groups in total. The van der Waals surface area contributed by atoms with Gasteiger partial charge in [0, 0.05) is 10.4 Å². The molecule has 8 nitrogen and oxygen atoms in total. The van der Waals surface area contributed by atoms with Crippen molar-refractivity contribution >= 4 is 34.4 Å². The molecule has 192 valence electrons. The maximum Gasteiger partial charge on any atom is 0.442 e. The first kappa shape index (κ1) is 28.0. The van der Waals surface area contributed by atoms with Gasteiger partial charge < -0.3 is 19.5 Å². The van der Waals surface area contributed by atoms with Gasteiger partial charge in [-0.25, -0.2) is 14.4 Å². The Morgan fingerprint density at radius 2 is 1.51 bits per heavy atom. The van der Waals surface area contributed by atoms with Crippen LogP contribution in [0.2, 0.25) is 0 Å². The lowest BCUT2D eigenvalue weighted by atomic mass is 9.99. The number of anilines is 1. The first-order valence-electron chi connectivity index (χ1n) is 10.9. The lowest BCUT2D eigenvalue weighted by Crippen LogP contribution is -2.69. The summed E-state index contributed by atoms with van der Waals surface area (Å²) in [6.07, 6.45) is -6.52. The van der Waals surface area contributed by atoms with Crippen LogP contribution in [0.3, 0.4) is 0 Å². The van der Waals surface area contributed by atoms with E-state index in [0.717, 1.165) is 11.3 Å². The van der Waals surface area contributed by atoms with Crippen LogP contribution in [0, 0.1) is 0 Å². The van der Waals surface area contributed by atoms with Gasteiger partial charge in [-0.05, 0) is 32.8 Å². The minimum Gasteiger partial charge on any atom is -0.463 e. The Bertz CT molecular complexity index is 1040. The molecular weight excluding hydrogens is 489 g/mol. The number of hydrogen-bond acceptors (Lipinski definition) is 8. The van der Waals surface area contributed by atoms with Gasteiger partial charge in [-0.15, -0.1) is 11.3 Å². The lowest BCUT2D eigenvalue weighted by molar-refractivity contribution is -0.205. The number of ether oxygens (including phenoxy) is 3. The van der Waals surface area contributed by atoms with E-state index in [0.29, 0.717) is 22.4 Å². The fourth-order valence-corrected chi connectivity index (χ4v) is 4.45. The summed E-state index contributed by atoms with van der Waals surface area (Å²) in [5, 5.41) is 3.34. The highest BCUT2D eigenvalue weighted by Crippen LogP contribution is 2.44. The van der Waals surface area contributed by atoms with Crippen molar-refractivity contribution in [1.82, 2.24) is 5.32 Å². The molecular formula is C23H27F3N2O6S. The Hall–Kier alpha value is -3.28. The highest BCUT2D eigenvalue weighted by atomic mass is 32.1. The summed E-state index contributed by atoms with van der Waals surface area (Å²) < 4.78 is 57.9. The molecule has 0 aliphatic rings. The number of thiophene rings is 1. The van der Waals surface area contributed by atoms with E-state index in [9.17, 15) is 27.6 Å². The largest absolute Gasteiger partial charge is 0.463 e. The molecule has 0 aliphatic heterocycles. The molecule has 0 bridgehead atoms. The highest BCUT2D eigenvalue weighted by Gasteiger charge is 2.64. The predicted octanol–water partition coefficient (Wildman–Crippen LogP) is 5.13. The van der Waals surface area contributed by atoms with Crippen molar-refractivity contribution in [2.45, 2.75) is 46.0 Å². The van der Waals surface area contributed by atoms with Gasteiger partial charge >= 0.3 is 29.9 Å². The summed E-state index contributed by atoms with van der Waals surface area (Å²) in [5.41, 5.74) is -2.98. The van der Waals surface area contributed by atoms with Crippen molar-refractivity contribution in [2.24, 2.45) is 0 Å². The molecule has 0 saturated heterocycles. The number of halogens is 3. The Kier molecular flexibility index (Phi) is 9.52. The second kappa shape index (κ2) is 11.9. The molecule has 1 aromatic carbocycles. The summed E-state index contributed by atoms with van der Waals surface area (Å²) in [5.74, 6) is -2.70. The third kappa shape index (κ3) is 6.05. The third-order valence-electron chi connectivity index (χ3n) is 4.72. The molecule has 1 aromatic heterocycles. The van der Waals surface area contributed by atoms with Crippen LogP contribution < -0.4 is 10.6 Å². The van der Waals surface area contributed by atoms with Crippen molar-refractivity contribution < 1.29 is 41.8 Å². The first-order valence-corrected chi connectivity index (χ1v) is 11.7. The molecule has 2 rings (SSSR count). The van der Waals surface area contributed by atoms with E-state index >= 15 is 0 Å². The number of benzene rings is 1. The zero-order valence-corrected chi connectivity index (χ0v) is 20.5. The van der Waals surface area contributed by atoms with Crippen molar-refractivity contribution in [3.63, 3.8) is 0 Å². The zero-order chi connectivity index (χ0) is 26.2. The molecule has 0 aliphatic carbocycles. The van der Waals surface area contributed by atoms with E-state index < -0.39 is 36.5 Å². The predicted molar refractivity (Wildman–Crippen MR) is 124 cm³/mol. The molecule has 2 aromatic rings. The van der Waals surface area contributed by atoms with E-state index in [4.69, 9.17) is 4.74 Å². The van der Waals surface area contributed by atoms with Gasteiger partial charge in [-0.1, -0.05) is 37.3 Å². The molecule has 1 heterocycles. The van der Waals surface area contributed by atoms with Gasteiger partial charge in [0.15, 0.2) is 0 Å². The van der Waals surface area contributed by atoms with E-state index in [1.807, 2.05) is 0 Å². The zero-order valence-electron chi connectivity index (χ0n) is 19.7. The number of esters is 2. The van der Waals surface area contributed by atoms with Gasteiger partial charge in [0.2, 0.25) is 0 Å². The maximum absolute atomic E-state index is 14.5. The number of nitrogens with one attached hydrogen (secondary N) is 2. The molecule has 35 heavy (non-hydrogen) atoms. The van der Waals surface area contributed by atoms with E-state index in [1.54, 1.807) is 49.5 Å². The number of carbonyl (C=O) groups is 3. The summed E-state index contributed by atoms with van der Waals surface area (Å²) in [6.45, 7) is 5.37. The summed E-state index contributed by atoms with van der Waals surface area (Å²) in [6, 6.07) is 8.59. The summed E-state index contributed by atoms with van der Waals surface area (Å²) in [7, 11) is 0. The Balaban J connectivity index is 2.81. The van der Waals surface area contributed by atoms with Crippen LogP contribution in [0.25, 0.3) is 11.1 Å². The second-order valence-corrected chi connectivity index (χ2v) is 8.09. The number of amides is 1. The molecule has 12 heteroatoms. The molecule has 1 atom stereocenters. The number of carbonyl (C=O) groups excluding carboxylic acids is 3. The highest BCUT2D eigenvalue weighted by molar-refractivity contribution is 7.17. The summed E-state index contributed by atoms with van der Waals surface area (Å²) in [4.78, 5) is 38.4. The number of alkyl halides is 3. The fourth-order valence-electron chi connectivity index (χ4n) is 3.24. The normalized spacial score (nSPS) is 12.9. The smallest absolute Gasteiger partial charge is 0.442 e. The number of alkyl carbamates (subject to hydrolysis) is 1. The second-order valence-electron chi connectivity index (χ2n) is 6.98. The molecule has 0 unspecified atom stereocenters. The van der Waals surface area contributed by atoms with Crippen molar-refractivity contribution in [1.29, 1.82) is 0 Å². The van der Waals surface area contributed by atoms with E-state index in [1.165, 1.54) is 13.8 Å². The van der Waals surface area contributed by atoms with Crippen molar-refractivity contribution in [3.05, 3.63) is 40.8 Å². The number of rotatable bonds is 10. The standard InChI is InChI=1S/C23H27F3N2O6S/c1-5-15-16(14-12-10-9-11-13-14)17(19(29)32-6-2)18(35-15)27-22(23(24,25)26,20(30)33-7-3)28-21(31)34-8-4/h9-13,27H,5-8H2,1-4H3,(H,28,31)/t22-/m1/s1. The third-order valence-corrected chi connectivity index (χ3v) is 5.97. The van der Waals surface area contributed by atoms with E-state index in [-0.39, 0.29) is 23.8 Å². The quantitative estimate of drug-likeness (QED) is 0.256. The van der Waals surface area contributed by atoms with Gasteiger partial charge in [-0.3, -0.25) is 5.32 Å². The number of hydrogen-bond donors (Lipinski definition) is 2. The van der Waals surface area contributed by atoms with E-state index in [2.05, 4.69) is 14.8 Å². The SMILES string of the molecule is CCOC(=O)N[C@](Nc1sc(CC)c(-c2ccccc2)c1C(=O)OCC)(C(=O)OCC)C(F)(F)F. The van der Waals surface area contributed by atoms with Crippen LogP contribution in [0.15, 0.2) is 30.3 Å². The molecule has 1 amide bonds. The average Bonchev–Trinajstić information content (AvgIpc) is 3.17. The van der Waals surface area contributed by atoms with Crippen molar-refractivity contribution in [3.8, 4) is 11.1 Å². The summed E-state index contributed by atoms with van der Waals surface area (Å²) >= 11 is 0.842. The molecule has 0 saturated carbocycles. The first-order chi connectivity index (χ1) is 16.6. The lowest BCUT2D eigenvalue weighted by Gasteiger charge is -2.34. The maximum atomic E-state index is 14.5. The Morgan fingerprint density at radius 3 is 2.03 bits per heavy atom.